The number of hydrogen-bond donors (Lipinski definition) is 6. The highest BCUT2D eigenvalue weighted by atomic mass is 16.7. The van der Waals surface area contributed by atoms with Crippen LogP contribution in [0.25, 0.3) is 0 Å². The van der Waals surface area contributed by atoms with Gasteiger partial charge in [-0.3, -0.25) is 9.59 Å². The summed E-state index contributed by atoms with van der Waals surface area (Å²) in [5.41, 5.74) is 0. The van der Waals surface area contributed by atoms with Crippen molar-refractivity contribution in [1.82, 2.24) is 5.32 Å². The minimum Gasteiger partial charge on any atom is -0.465 e. The highest BCUT2D eigenvalue weighted by Crippen LogP contribution is 2.23. The molecule has 6 N–H and O–H groups in total. The molecule has 7 unspecified atom stereocenters. The van der Waals surface area contributed by atoms with Crippen LogP contribution in [0.5, 0.6) is 0 Å². The quantitative estimate of drug-likeness (QED) is 0.0195. The Kier molecular flexibility index (Phi) is 50.6. The summed E-state index contributed by atoms with van der Waals surface area (Å²) in [5, 5.41) is 54.4. The van der Waals surface area contributed by atoms with E-state index in [4.69, 9.17) is 14.2 Å². The number of amides is 1. The van der Waals surface area contributed by atoms with Gasteiger partial charge in [0.25, 0.3) is 0 Å². The van der Waals surface area contributed by atoms with Crippen LogP contribution in [-0.4, -0.2) is 100 Å². The molecule has 0 aromatic rings. The molecule has 1 aliphatic rings. The van der Waals surface area contributed by atoms with E-state index in [0.29, 0.717) is 19.4 Å². The van der Waals surface area contributed by atoms with Crippen LogP contribution in [0.2, 0.25) is 0 Å². The zero-order valence-electron chi connectivity index (χ0n) is 48.4. The molecule has 0 aliphatic carbocycles. The molecule has 11 nitrogen and oxygen atoms in total. The van der Waals surface area contributed by atoms with Crippen molar-refractivity contribution >= 4 is 11.9 Å². The number of nitrogens with one attached hydrogen (secondary N) is 1. The van der Waals surface area contributed by atoms with Crippen LogP contribution < -0.4 is 5.32 Å². The van der Waals surface area contributed by atoms with Crippen molar-refractivity contribution in [3.8, 4) is 0 Å². The largest absolute Gasteiger partial charge is 0.465 e. The molecule has 0 spiro atoms. The van der Waals surface area contributed by atoms with E-state index in [1.807, 2.05) is 6.08 Å². The molecule has 1 rings (SSSR count). The van der Waals surface area contributed by atoms with Crippen molar-refractivity contribution in [1.29, 1.82) is 0 Å². The average molecular weight is 1070 g/mol. The van der Waals surface area contributed by atoms with Gasteiger partial charge in [0.15, 0.2) is 6.29 Å². The lowest BCUT2D eigenvalue weighted by molar-refractivity contribution is -0.302. The molecule has 0 saturated carbocycles. The highest BCUT2D eigenvalue weighted by molar-refractivity contribution is 5.76. The summed E-state index contributed by atoms with van der Waals surface area (Å²) >= 11 is 0. The molecule has 76 heavy (non-hydrogen) atoms. The van der Waals surface area contributed by atoms with Gasteiger partial charge < -0.3 is 45.1 Å². The molecule has 1 fully saturated rings. The number of carbonyl (C=O) groups is 2. The first-order chi connectivity index (χ1) is 37.2. The SMILES string of the molecule is CCC/C=C\C/C=C\CCCCCCCC(=O)OCC/C=C\C/C=C\CCCCCCCCCCCCCCCCC(=O)NC(COC1OC(CO)C(O)C(O)C1O)C(O)/C=C/CC/C=C/CCCCCCCCCC. The van der Waals surface area contributed by atoms with E-state index in [0.717, 1.165) is 89.9 Å². The summed E-state index contributed by atoms with van der Waals surface area (Å²) in [4.78, 5) is 25.1. The number of hydrogen-bond acceptors (Lipinski definition) is 10. The monoisotopic (exact) mass is 1070 g/mol. The maximum atomic E-state index is 13.0. The van der Waals surface area contributed by atoms with Crippen LogP contribution in [0, 0.1) is 0 Å². The number of ether oxygens (including phenoxy) is 3. The van der Waals surface area contributed by atoms with E-state index in [-0.39, 0.29) is 18.5 Å². The van der Waals surface area contributed by atoms with Gasteiger partial charge in [0.2, 0.25) is 5.91 Å². The van der Waals surface area contributed by atoms with Crippen molar-refractivity contribution in [3.63, 3.8) is 0 Å². The van der Waals surface area contributed by atoms with Crippen molar-refractivity contribution < 1.29 is 49.3 Å². The lowest BCUT2D eigenvalue weighted by Crippen LogP contribution is -2.60. The summed E-state index contributed by atoms with van der Waals surface area (Å²) in [6.45, 7) is 4.14. The van der Waals surface area contributed by atoms with Gasteiger partial charge in [-0.25, -0.2) is 0 Å². The average Bonchev–Trinajstić information content (AvgIpc) is 3.42. The van der Waals surface area contributed by atoms with Crippen molar-refractivity contribution in [2.45, 2.75) is 307 Å². The molecule has 1 heterocycles. The zero-order valence-corrected chi connectivity index (χ0v) is 48.4. The Balaban J connectivity index is 2.10. The number of rotatable bonds is 53. The molecule has 0 aromatic heterocycles. The van der Waals surface area contributed by atoms with Crippen LogP contribution in [0.1, 0.15) is 264 Å². The maximum absolute atomic E-state index is 13.0. The molecule has 0 radical (unpaired) electrons. The molecule has 0 bridgehead atoms. The number of carbonyl (C=O) groups excluding carboxylic acids is 2. The minimum absolute atomic E-state index is 0.0651. The summed E-state index contributed by atoms with van der Waals surface area (Å²) in [7, 11) is 0. The molecule has 1 aliphatic heterocycles. The molecular weight excluding hydrogens is 955 g/mol. The zero-order chi connectivity index (χ0) is 55.2. The Bertz CT molecular complexity index is 1490. The summed E-state index contributed by atoms with van der Waals surface area (Å²) in [6, 6.07) is -0.833. The predicted octanol–water partition coefficient (Wildman–Crippen LogP) is 14.8. The van der Waals surface area contributed by atoms with Gasteiger partial charge >= 0.3 is 5.97 Å². The van der Waals surface area contributed by atoms with Crippen LogP contribution in [0.3, 0.4) is 0 Å². The first-order valence-electron chi connectivity index (χ1n) is 31.2. The van der Waals surface area contributed by atoms with Gasteiger partial charge in [0, 0.05) is 12.8 Å². The molecule has 1 saturated heterocycles. The van der Waals surface area contributed by atoms with Gasteiger partial charge in [0.05, 0.1) is 32.0 Å². The minimum atomic E-state index is -1.58. The number of unbranched alkanes of at least 4 members (excludes halogenated alkanes) is 29. The number of aliphatic hydroxyl groups is 5. The van der Waals surface area contributed by atoms with Gasteiger partial charge in [-0.2, -0.15) is 0 Å². The van der Waals surface area contributed by atoms with E-state index < -0.39 is 49.5 Å². The molecule has 440 valence electrons. The third-order valence-corrected chi connectivity index (χ3v) is 14.3. The van der Waals surface area contributed by atoms with Crippen LogP contribution >= 0.6 is 0 Å². The standard InChI is InChI=1S/C65H115NO10/c1-3-5-7-9-11-13-15-17-28-31-35-39-43-47-51-58(68)57(56-75-65-64(73)63(72)62(71)59(55-67)76-65)66-60(69)52-48-44-40-36-32-29-25-23-21-19-18-20-22-24-26-30-34-38-42-46-50-54-74-61(70)53-49-45-41-37-33-27-16-14-12-10-8-6-4-2/h8,10,14,16,30-31,34-35,42,46-47,51,57-59,62-65,67-68,71-73H,3-7,9,11-13,15,17-29,32-33,36-41,43-45,48-50,52-56H2,1-2H3,(H,66,69)/b10-8-,16-14-,34-30-,35-31+,46-42-,51-47+. The third-order valence-electron chi connectivity index (χ3n) is 14.3. The summed E-state index contributed by atoms with van der Waals surface area (Å²) in [5.74, 6) is -0.263. The lowest BCUT2D eigenvalue weighted by Gasteiger charge is -2.40. The molecule has 11 heteroatoms. The second kappa shape index (κ2) is 54.1. The molecular formula is C65H115NO10. The van der Waals surface area contributed by atoms with Crippen molar-refractivity contribution in [2.75, 3.05) is 19.8 Å². The van der Waals surface area contributed by atoms with Crippen LogP contribution in [-0.2, 0) is 23.8 Å². The fraction of sp³-hybridized carbons (Fsp3) is 0.785. The predicted molar refractivity (Wildman–Crippen MR) is 315 cm³/mol. The Hall–Kier alpha value is -2.90. The fourth-order valence-corrected chi connectivity index (χ4v) is 9.33. The Morgan fingerprint density at radius 2 is 0.921 bits per heavy atom. The fourth-order valence-electron chi connectivity index (χ4n) is 9.33. The second-order valence-electron chi connectivity index (χ2n) is 21.4. The van der Waals surface area contributed by atoms with Gasteiger partial charge in [-0.1, -0.05) is 234 Å². The maximum Gasteiger partial charge on any atom is 0.305 e. The van der Waals surface area contributed by atoms with E-state index in [1.54, 1.807) is 6.08 Å². The Labute approximate surface area is 464 Å². The summed E-state index contributed by atoms with van der Waals surface area (Å²) in [6.07, 6.45) is 61.5. The van der Waals surface area contributed by atoms with Gasteiger partial charge in [0.1, 0.15) is 24.4 Å². The first-order valence-corrected chi connectivity index (χ1v) is 31.2. The molecule has 7 atom stereocenters. The molecule has 1 amide bonds. The van der Waals surface area contributed by atoms with Crippen LogP contribution in [0.4, 0.5) is 0 Å². The Morgan fingerprint density at radius 1 is 0.487 bits per heavy atom. The van der Waals surface area contributed by atoms with Crippen LogP contribution in [0.15, 0.2) is 72.9 Å². The van der Waals surface area contributed by atoms with E-state index in [2.05, 4.69) is 79.9 Å². The Morgan fingerprint density at radius 3 is 1.43 bits per heavy atom. The highest BCUT2D eigenvalue weighted by Gasteiger charge is 2.44. The van der Waals surface area contributed by atoms with E-state index in [9.17, 15) is 35.1 Å². The molecule has 0 aromatic carbocycles. The number of esters is 1. The van der Waals surface area contributed by atoms with Gasteiger partial charge in [-0.15, -0.1) is 0 Å². The third kappa shape index (κ3) is 43.0. The second-order valence-corrected chi connectivity index (χ2v) is 21.4. The number of allylic oxidation sites excluding steroid dienone is 10. The topological polar surface area (TPSA) is 175 Å². The van der Waals surface area contributed by atoms with Gasteiger partial charge in [-0.05, 0) is 89.9 Å². The van der Waals surface area contributed by atoms with E-state index in [1.165, 1.54) is 148 Å². The first kappa shape index (κ1) is 71.1. The normalized spacial score (nSPS) is 19.2. The van der Waals surface area contributed by atoms with E-state index >= 15 is 0 Å². The smallest absolute Gasteiger partial charge is 0.305 e. The van der Waals surface area contributed by atoms with Crippen molar-refractivity contribution in [2.24, 2.45) is 0 Å². The van der Waals surface area contributed by atoms with Crippen molar-refractivity contribution in [3.05, 3.63) is 72.9 Å². The summed E-state index contributed by atoms with van der Waals surface area (Å²) < 4.78 is 16.6. The number of aliphatic hydroxyl groups excluding tert-OH is 5. The lowest BCUT2D eigenvalue weighted by atomic mass is 9.99.